The van der Waals surface area contributed by atoms with E-state index >= 15 is 0 Å². The molecular formula is C15H21F2N3O2S. The molecule has 0 spiro atoms. The highest BCUT2D eigenvalue weighted by atomic mass is 32.2. The lowest BCUT2D eigenvalue weighted by Gasteiger charge is -2.26. The second kappa shape index (κ2) is 9.34. The molecule has 0 saturated heterocycles. The van der Waals surface area contributed by atoms with Gasteiger partial charge in [0.1, 0.15) is 17.7 Å². The Labute approximate surface area is 138 Å². The SMILES string of the molecule is CCN(Cc1c(F)cccc1F)C(=O)[C@H](CCSC)NC(N)=O. The van der Waals surface area contributed by atoms with E-state index in [4.69, 9.17) is 5.73 Å². The second-order valence-corrected chi connectivity index (χ2v) is 5.88. The van der Waals surface area contributed by atoms with Crippen molar-refractivity contribution >= 4 is 23.7 Å². The molecule has 1 aromatic carbocycles. The van der Waals surface area contributed by atoms with E-state index in [0.717, 1.165) is 12.1 Å². The summed E-state index contributed by atoms with van der Waals surface area (Å²) < 4.78 is 27.5. The van der Waals surface area contributed by atoms with Crippen molar-refractivity contribution in [3.63, 3.8) is 0 Å². The highest BCUT2D eigenvalue weighted by Crippen LogP contribution is 2.16. The molecular weight excluding hydrogens is 324 g/mol. The van der Waals surface area contributed by atoms with Gasteiger partial charge in [-0.1, -0.05) is 6.07 Å². The maximum absolute atomic E-state index is 13.8. The first-order valence-corrected chi connectivity index (χ1v) is 8.56. The number of urea groups is 1. The summed E-state index contributed by atoms with van der Waals surface area (Å²) >= 11 is 1.52. The van der Waals surface area contributed by atoms with Gasteiger partial charge in [-0.05, 0) is 37.5 Å². The molecule has 1 aromatic rings. The average molecular weight is 345 g/mol. The number of primary amides is 1. The molecule has 0 unspecified atom stereocenters. The van der Waals surface area contributed by atoms with Crippen LogP contribution in [0.2, 0.25) is 0 Å². The van der Waals surface area contributed by atoms with E-state index in [9.17, 15) is 18.4 Å². The number of hydrogen-bond acceptors (Lipinski definition) is 3. The number of nitrogens with one attached hydrogen (secondary N) is 1. The fourth-order valence-corrected chi connectivity index (χ4v) is 2.58. The first-order chi connectivity index (χ1) is 10.9. The summed E-state index contributed by atoms with van der Waals surface area (Å²) in [6.45, 7) is 1.75. The summed E-state index contributed by atoms with van der Waals surface area (Å²) in [4.78, 5) is 24.9. The number of amides is 3. The lowest BCUT2D eigenvalue weighted by molar-refractivity contribution is -0.133. The van der Waals surface area contributed by atoms with Crippen LogP contribution in [-0.4, -0.2) is 41.4 Å². The van der Waals surface area contributed by atoms with Crippen molar-refractivity contribution in [2.24, 2.45) is 5.73 Å². The molecule has 0 saturated carbocycles. The van der Waals surface area contributed by atoms with Crippen LogP contribution in [0.5, 0.6) is 0 Å². The molecule has 3 N–H and O–H groups in total. The monoisotopic (exact) mass is 345 g/mol. The van der Waals surface area contributed by atoms with Crippen molar-refractivity contribution in [2.45, 2.75) is 25.9 Å². The third-order valence-corrected chi connectivity index (χ3v) is 3.97. The molecule has 0 heterocycles. The van der Waals surface area contributed by atoms with Crippen LogP contribution >= 0.6 is 11.8 Å². The van der Waals surface area contributed by atoms with Gasteiger partial charge in [-0.15, -0.1) is 0 Å². The van der Waals surface area contributed by atoms with Crippen LogP contribution in [0.3, 0.4) is 0 Å². The predicted molar refractivity (Wildman–Crippen MR) is 87.0 cm³/mol. The van der Waals surface area contributed by atoms with E-state index in [1.807, 2.05) is 6.26 Å². The number of halogens is 2. The summed E-state index contributed by atoms with van der Waals surface area (Å²) in [6.07, 6.45) is 2.26. The minimum atomic E-state index is -0.810. The number of carbonyl (C=O) groups excluding carboxylic acids is 2. The number of rotatable bonds is 8. The van der Waals surface area contributed by atoms with Crippen LogP contribution in [0.1, 0.15) is 18.9 Å². The number of thioether (sulfide) groups is 1. The Bertz CT molecular complexity index is 537. The number of likely N-dealkylation sites (N-methyl/N-ethyl adjacent to an activating group) is 1. The van der Waals surface area contributed by atoms with Crippen molar-refractivity contribution in [2.75, 3.05) is 18.6 Å². The van der Waals surface area contributed by atoms with E-state index in [1.54, 1.807) is 6.92 Å². The summed E-state index contributed by atoms with van der Waals surface area (Å²) in [5, 5.41) is 2.39. The zero-order valence-electron chi connectivity index (χ0n) is 13.1. The summed E-state index contributed by atoms with van der Waals surface area (Å²) in [7, 11) is 0. The molecule has 3 amide bonds. The Morgan fingerprint density at radius 3 is 2.43 bits per heavy atom. The third kappa shape index (κ3) is 5.70. The smallest absolute Gasteiger partial charge is 0.312 e. The number of nitrogens with two attached hydrogens (primary N) is 1. The first kappa shape index (κ1) is 19.2. The number of carbonyl (C=O) groups is 2. The minimum Gasteiger partial charge on any atom is -0.352 e. The van der Waals surface area contributed by atoms with Crippen molar-refractivity contribution in [3.8, 4) is 0 Å². The Kier molecular flexibility index (Phi) is 7.80. The quantitative estimate of drug-likeness (QED) is 0.758. The van der Waals surface area contributed by atoms with Gasteiger partial charge in [-0.25, -0.2) is 13.6 Å². The minimum absolute atomic E-state index is 0.176. The first-order valence-electron chi connectivity index (χ1n) is 7.17. The van der Waals surface area contributed by atoms with Gasteiger partial charge < -0.3 is 16.0 Å². The van der Waals surface area contributed by atoms with E-state index in [0.29, 0.717) is 12.2 Å². The topological polar surface area (TPSA) is 75.4 Å². The van der Waals surface area contributed by atoms with Crippen molar-refractivity contribution in [1.82, 2.24) is 10.2 Å². The fourth-order valence-electron chi connectivity index (χ4n) is 2.10. The fraction of sp³-hybridized carbons (Fsp3) is 0.467. The Hall–Kier alpha value is -1.83. The molecule has 1 rings (SSSR count). The van der Waals surface area contributed by atoms with Gasteiger partial charge in [0, 0.05) is 12.1 Å². The number of benzene rings is 1. The molecule has 8 heteroatoms. The molecule has 5 nitrogen and oxygen atoms in total. The highest BCUT2D eigenvalue weighted by molar-refractivity contribution is 7.98. The molecule has 0 radical (unpaired) electrons. The van der Waals surface area contributed by atoms with Crippen LogP contribution in [0.4, 0.5) is 13.6 Å². The van der Waals surface area contributed by atoms with Gasteiger partial charge >= 0.3 is 6.03 Å². The maximum atomic E-state index is 13.8. The Morgan fingerprint density at radius 2 is 1.96 bits per heavy atom. The van der Waals surface area contributed by atoms with Crippen molar-refractivity contribution < 1.29 is 18.4 Å². The van der Waals surface area contributed by atoms with Gasteiger partial charge in [0.05, 0.1) is 6.54 Å². The summed E-state index contributed by atoms with van der Waals surface area (Å²) in [5.41, 5.74) is 4.92. The molecule has 0 aliphatic carbocycles. The standard InChI is InChI=1S/C15H21F2N3O2S/c1-3-20(9-10-11(16)5-4-6-12(10)17)14(21)13(7-8-23-2)19-15(18)22/h4-6,13H,3,7-9H2,1-2H3,(H3,18,19,22)/t13-/m0/s1. The molecule has 23 heavy (non-hydrogen) atoms. The van der Waals surface area contributed by atoms with Crippen LogP contribution in [0, 0.1) is 11.6 Å². The number of nitrogens with zero attached hydrogens (tertiary/aromatic N) is 1. The zero-order valence-corrected chi connectivity index (χ0v) is 14.0. The van der Waals surface area contributed by atoms with E-state index < -0.39 is 29.6 Å². The largest absolute Gasteiger partial charge is 0.352 e. The van der Waals surface area contributed by atoms with Gasteiger partial charge in [-0.3, -0.25) is 4.79 Å². The van der Waals surface area contributed by atoms with Crippen LogP contribution in [-0.2, 0) is 11.3 Å². The molecule has 0 aliphatic heterocycles. The normalized spacial score (nSPS) is 11.8. The van der Waals surface area contributed by atoms with Crippen molar-refractivity contribution in [1.29, 1.82) is 0 Å². The van der Waals surface area contributed by atoms with Crippen molar-refractivity contribution in [3.05, 3.63) is 35.4 Å². The lowest BCUT2D eigenvalue weighted by Crippen LogP contribution is -2.50. The second-order valence-electron chi connectivity index (χ2n) is 4.90. The Morgan fingerprint density at radius 1 is 1.35 bits per heavy atom. The van der Waals surface area contributed by atoms with E-state index in [1.165, 1.54) is 22.7 Å². The number of hydrogen-bond donors (Lipinski definition) is 2. The third-order valence-electron chi connectivity index (χ3n) is 3.33. The van der Waals surface area contributed by atoms with E-state index in [2.05, 4.69) is 5.32 Å². The van der Waals surface area contributed by atoms with Gasteiger partial charge in [-0.2, -0.15) is 11.8 Å². The van der Waals surface area contributed by atoms with Crippen LogP contribution in [0.15, 0.2) is 18.2 Å². The molecule has 0 bridgehead atoms. The molecule has 128 valence electrons. The van der Waals surface area contributed by atoms with Gasteiger partial charge in [0.25, 0.3) is 0 Å². The lowest BCUT2D eigenvalue weighted by atomic mass is 10.1. The molecule has 0 aliphatic rings. The Balaban J connectivity index is 2.92. The highest BCUT2D eigenvalue weighted by Gasteiger charge is 2.25. The average Bonchev–Trinajstić information content (AvgIpc) is 2.50. The molecule has 1 atom stereocenters. The van der Waals surface area contributed by atoms with Crippen LogP contribution in [0.25, 0.3) is 0 Å². The molecule has 0 fully saturated rings. The van der Waals surface area contributed by atoms with Gasteiger partial charge in [0.2, 0.25) is 5.91 Å². The van der Waals surface area contributed by atoms with Gasteiger partial charge in [0.15, 0.2) is 0 Å². The predicted octanol–water partition coefficient (Wildman–Crippen LogP) is 2.10. The molecule has 0 aromatic heterocycles. The zero-order chi connectivity index (χ0) is 17.4. The van der Waals surface area contributed by atoms with E-state index in [-0.39, 0.29) is 18.7 Å². The maximum Gasteiger partial charge on any atom is 0.312 e. The summed E-state index contributed by atoms with van der Waals surface area (Å²) in [6, 6.07) is 1.93. The summed E-state index contributed by atoms with van der Waals surface area (Å²) in [5.74, 6) is -1.19. The van der Waals surface area contributed by atoms with Crippen LogP contribution < -0.4 is 11.1 Å².